The van der Waals surface area contributed by atoms with E-state index >= 15 is 0 Å². The molecule has 1 rings (SSSR count). The van der Waals surface area contributed by atoms with Crippen LogP contribution in [0.15, 0.2) is 35.4 Å². The summed E-state index contributed by atoms with van der Waals surface area (Å²) in [5.41, 5.74) is 9.38. The van der Waals surface area contributed by atoms with Crippen molar-refractivity contribution in [3.63, 3.8) is 0 Å². The maximum Gasteiger partial charge on any atom is 0.161 e. The highest BCUT2D eigenvalue weighted by molar-refractivity contribution is 5.17. The molecular weight excluding hydrogens is 202 g/mol. The molecule has 1 aromatic rings. The van der Waals surface area contributed by atoms with Gasteiger partial charge in [0.2, 0.25) is 0 Å². The molecule has 0 aliphatic carbocycles. The molecule has 0 radical (unpaired) electrons. The van der Waals surface area contributed by atoms with Crippen molar-refractivity contribution >= 4 is 0 Å². The lowest BCUT2D eigenvalue weighted by Crippen LogP contribution is -2.04. The van der Waals surface area contributed by atoms with Gasteiger partial charge in [-0.3, -0.25) is 0 Å². The lowest BCUT2D eigenvalue weighted by Gasteiger charge is -2.13. The Hall–Kier alpha value is -1.51. The number of hydrogen-bond acceptors (Lipinski definition) is 2. The Labute approximate surface area is 95.9 Å². The summed E-state index contributed by atoms with van der Waals surface area (Å²) in [5.74, 6) is 0.586. The van der Waals surface area contributed by atoms with Crippen LogP contribution in [0.1, 0.15) is 32.1 Å². The number of azide groups is 1. The number of ether oxygens (including phenoxy) is 1. The van der Waals surface area contributed by atoms with Crippen LogP contribution < -0.4 is 0 Å². The van der Waals surface area contributed by atoms with Gasteiger partial charge in [0.15, 0.2) is 6.23 Å². The van der Waals surface area contributed by atoms with Crippen LogP contribution in [0.3, 0.4) is 0 Å². The van der Waals surface area contributed by atoms with Crippen molar-refractivity contribution < 1.29 is 4.74 Å². The van der Waals surface area contributed by atoms with Crippen molar-refractivity contribution in [2.24, 2.45) is 11.0 Å². The molecule has 0 amide bonds. The monoisotopic (exact) mass is 219 g/mol. The molecule has 0 N–H and O–H groups in total. The van der Waals surface area contributed by atoms with Crippen LogP contribution in [0.5, 0.6) is 0 Å². The van der Waals surface area contributed by atoms with E-state index < -0.39 is 6.23 Å². The van der Waals surface area contributed by atoms with E-state index in [2.05, 4.69) is 23.9 Å². The Morgan fingerprint density at radius 1 is 1.31 bits per heavy atom. The average Bonchev–Trinajstić information content (AvgIpc) is 2.29. The highest BCUT2D eigenvalue weighted by atomic mass is 16.5. The molecule has 0 heterocycles. The summed E-state index contributed by atoms with van der Waals surface area (Å²) in [6, 6.07) is 9.52. The van der Waals surface area contributed by atoms with Gasteiger partial charge in [0.05, 0.1) is 0 Å². The molecule has 0 spiro atoms. The molecule has 0 aromatic heterocycles. The summed E-state index contributed by atoms with van der Waals surface area (Å²) in [6.07, 6.45) is 0.453. The van der Waals surface area contributed by atoms with Crippen LogP contribution in [-0.4, -0.2) is 6.61 Å². The van der Waals surface area contributed by atoms with Crippen LogP contribution in [0.25, 0.3) is 10.4 Å². The molecule has 1 atom stereocenters. The fraction of sp³-hybridized carbons (Fsp3) is 0.500. The van der Waals surface area contributed by atoms with Crippen molar-refractivity contribution in [3.8, 4) is 0 Å². The summed E-state index contributed by atoms with van der Waals surface area (Å²) in [4.78, 5) is 2.81. The quantitative estimate of drug-likeness (QED) is 0.404. The van der Waals surface area contributed by atoms with Crippen LogP contribution in [0.2, 0.25) is 0 Å². The van der Waals surface area contributed by atoms with Crippen LogP contribution in [0, 0.1) is 5.92 Å². The van der Waals surface area contributed by atoms with Crippen LogP contribution >= 0.6 is 0 Å². The number of nitrogens with zero attached hydrogens (tertiary/aromatic N) is 3. The normalized spacial score (nSPS) is 12.2. The van der Waals surface area contributed by atoms with Gasteiger partial charge in [-0.25, -0.2) is 0 Å². The van der Waals surface area contributed by atoms with Gasteiger partial charge in [-0.1, -0.05) is 49.3 Å². The van der Waals surface area contributed by atoms with Gasteiger partial charge < -0.3 is 4.74 Å². The standard InChI is InChI=1S/C12H17N3O/c1-10(2)8-9-16-12(14-15-13)11-6-4-3-5-7-11/h3-7,10,12H,8-9H2,1-2H3. The fourth-order valence-corrected chi connectivity index (χ4v) is 1.28. The lowest BCUT2D eigenvalue weighted by atomic mass is 10.1. The minimum absolute atomic E-state index is 0.509. The highest BCUT2D eigenvalue weighted by Crippen LogP contribution is 2.19. The van der Waals surface area contributed by atoms with Gasteiger partial charge in [-0.15, -0.1) is 0 Å². The molecule has 86 valence electrons. The lowest BCUT2D eigenvalue weighted by molar-refractivity contribution is 0.0504. The summed E-state index contributed by atoms with van der Waals surface area (Å²) >= 11 is 0. The van der Waals surface area contributed by atoms with E-state index in [9.17, 15) is 0 Å². The molecule has 1 unspecified atom stereocenters. The molecular formula is C12H17N3O. The molecule has 0 bridgehead atoms. The molecule has 4 nitrogen and oxygen atoms in total. The Morgan fingerprint density at radius 3 is 2.56 bits per heavy atom. The van der Waals surface area contributed by atoms with Gasteiger partial charge in [0.1, 0.15) is 0 Å². The molecule has 0 saturated heterocycles. The topological polar surface area (TPSA) is 58.0 Å². The molecule has 4 heteroatoms. The zero-order valence-corrected chi connectivity index (χ0v) is 9.71. The summed E-state index contributed by atoms with van der Waals surface area (Å²) in [6.45, 7) is 4.87. The van der Waals surface area contributed by atoms with E-state index in [1.807, 2.05) is 30.3 Å². The maximum atomic E-state index is 8.48. The second-order valence-electron chi connectivity index (χ2n) is 4.02. The Morgan fingerprint density at radius 2 is 2.00 bits per heavy atom. The minimum Gasteiger partial charge on any atom is -0.367 e. The third kappa shape index (κ3) is 4.34. The molecule has 0 fully saturated rings. The van der Waals surface area contributed by atoms with E-state index in [4.69, 9.17) is 10.3 Å². The van der Waals surface area contributed by atoms with E-state index in [1.54, 1.807) is 0 Å². The van der Waals surface area contributed by atoms with Crippen molar-refractivity contribution in [3.05, 3.63) is 46.3 Å². The third-order valence-electron chi connectivity index (χ3n) is 2.21. The first kappa shape index (κ1) is 12.6. The largest absolute Gasteiger partial charge is 0.367 e. The van der Waals surface area contributed by atoms with Crippen LogP contribution in [-0.2, 0) is 4.74 Å². The first-order valence-corrected chi connectivity index (χ1v) is 5.44. The molecule has 0 aliphatic rings. The van der Waals surface area contributed by atoms with Crippen molar-refractivity contribution in [1.29, 1.82) is 0 Å². The fourth-order valence-electron chi connectivity index (χ4n) is 1.28. The SMILES string of the molecule is CC(C)CCOC(N=[N+]=[N-])c1ccccc1. The Bertz CT molecular complexity index is 345. The molecule has 16 heavy (non-hydrogen) atoms. The van der Waals surface area contributed by atoms with Gasteiger partial charge >= 0.3 is 0 Å². The smallest absolute Gasteiger partial charge is 0.161 e. The van der Waals surface area contributed by atoms with Crippen molar-refractivity contribution in [1.82, 2.24) is 0 Å². The Balaban J connectivity index is 2.58. The number of benzene rings is 1. The second-order valence-corrected chi connectivity index (χ2v) is 4.02. The van der Waals surface area contributed by atoms with Gasteiger partial charge in [0.25, 0.3) is 0 Å². The highest BCUT2D eigenvalue weighted by Gasteiger charge is 2.09. The Kier molecular flexibility index (Phi) is 5.40. The number of hydrogen-bond donors (Lipinski definition) is 0. The first-order valence-electron chi connectivity index (χ1n) is 5.44. The van der Waals surface area contributed by atoms with Gasteiger partial charge in [-0.05, 0) is 23.4 Å². The van der Waals surface area contributed by atoms with E-state index in [0.717, 1.165) is 12.0 Å². The van der Waals surface area contributed by atoms with Crippen molar-refractivity contribution in [2.45, 2.75) is 26.5 Å². The molecule has 0 saturated carbocycles. The first-order chi connectivity index (χ1) is 7.74. The number of rotatable bonds is 6. The summed E-state index contributed by atoms with van der Waals surface area (Å²) < 4.78 is 5.56. The van der Waals surface area contributed by atoms with E-state index in [1.165, 1.54) is 0 Å². The molecule has 0 aliphatic heterocycles. The molecule has 1 aromatic carbocycles. The van der Waals surface area contributed by atoms with Crippen LogP contribution in [0.4, 0.5) is 0 Å². The zero-order valence-electron chi connectivity index (χ0n) is 9.71. The van der Waals surface area contributed by atoms with E-state index in [-0.39, 0.29) is 0 Å². The van der Waals surface area contributed by atoms with E-state index in [0.29, 0.717) is 12.5 Å². The predicted octanol–water partition coefficient (Wildman–Crippen LogP) is 4.06. The van der Waals surface area contributed by atoms with Gasteiger partial charge in [0, 0.05) is 11.5 Å². The summed E-state index contributed by atoms with van der Waals surface area (Å²) in [7, 11) is 0. The average molecular weight is 219 g/mol. The zero-order chi connectivity index (χ0) is 11.8. The summed E-state index contributed by atoms with van der Waals surface area (Å²) in [5, 5.41) is 3.65. The van der Waals surface area contributed by atoms with Crippen molar-refractivity contribution in [2.75, 3.05) is 6.61 Å². The predicted molar refractivity (Wildman–Crippen MR) is 63.7 cm³/mol. The minimum atomic E-state index is -0.509. The second kappa shape index (κ2) is 6.88. The maximum absolute atomic E-state index is 8.48. The third-order valence-corrected chi connectivity index (χ3v) is 2.21. The van der Waals surface area contributed by atoms with Gasteiger partial charge in [-0.2, -0.15) is 0 Å².